The lowest BCUT2D eigenvalue weighted by atomic mass is 9.88. The zero-order valence-corrected chi connectivity index (χ0v) is 22.7. The van der Waals surface area contributed by atoms with Gasteiger partial charge >= 0.3 is 0 Å². The molecule has 1 fully saturated rings. The van der Waals surface area contributed by atoms with Crippen LogP contribution in [0.25, 0.3) is 5.69 Å². The third-order valence-corrected chi connectivity index (χ3v) is 8.80. The van der Waals surface area contributed by atoms with E-state index in [1.807, 2.05) is 0 Å². The van der Waals surface area contributed by atoms with Gasteiger partial charge in [0.2, 0.25) is 11.8 Å². The Morgan fingerprint density at radius 1 is 1.00 bits per heavy atom. The van der Waals surface area contributed by atoms with Crippen LogP contribution in [0.1, 0.15) is 68.5 Å². The summed E-state index contributed by atoms with van der Waals surface area (Å²) in [6, 6.07) is 0. The quantitative estimate of drug-likeness (QED) is 0.366. The van der Waals surface area contributed by atoms with Gasteiger partial charge in [-0.25, -0.2) is 18.4 Å². The maximum absolute atomic E-state index is 13.7. The van der Waals surface area contributed by atoms with Gasteiger partial charge in [0.05, 0.1) is 24.5 Å². The monoisotopic (exact) mass is 551 g/mol. The molecular weight excluding hydrogens is 522 g/mol. The molecule has 1 aliphatic rings. The van der Waals surface area contributed by atoms with Crippen LogP contribution >= 0.6 is 11.6 Å². The first-order valence-corrected chi connectivity index (χ1v) is 14.0. The Morgan fingerprint density at radius 3 is 2.19 bits per heavy atom. The van der Waals surface area contributed by atoms with Crippen molar-refractivity contribution in [3.05, 3.63) is 41.2 Å². The normalized spacial score (nSPS) is 16.4. The van der Waals surface area contributed by atoms with Crippen molar-refractivity contribution in [3.63, 3.8) is 0 Å². The molecule has 2 atom stereocenters. The summed E-state index contributed by atoms with van der Waals surface area (Å²) in [6.45, 7) is 1.55. The largest absolute Gasteiger partial charge is 0.479 e. The minimum atomic E-state index is -3.85. The number of halogens is 1. The van der Waals surface area contributed by atoms with Crippen LogP contribution in [0, 0.1) is 0 Å². The van der Waals surface area contributed by atoms with Gasteiger partial charge in [-0.15, -0.1) is 10.2 Å². The SMILES string of the molecule is COc1ncnc(OC)c1-n1c(CS(=O)(=O)[C@@H](C)[C@H](OC)c2ncc(Cl)cn2)nnc1C1CCCCC1. The Morgan fingerprint density at radius 2 is 1.62 bits per heavy atom. The predicted molar refractivity (Wildman–Crippen MR) is 135 cm³/mol. The fourth-order valence-electron chi connectivity index (χ4n) is 4.61. The van der Waals surface area contributed by atoms with Gasteiger partial charge in [0.15, 0.2) is 27.2 Å². The van der Waals surface area contributed by atoms with Crippen molar-refractivity contribution in [1.82, 2.24) is 34.7 Å². The summed E-state index contributed by atoms with van der Waals surface area (Å²) in [5.74, 6) is 1.16. The summed E-state index contributed by atoms with van der Waals surface area (Å²) < 4.78 is 45.6. The van der Waals surface area contributed by atoms with E-state index in [1.54, 1.807) is 11.5 Å². The number of nitrogens with zero attached hydrogens (tertiary/aromatic N) is 7. The van der Waals surface area contributed by atoms with Gasteiger partial charge < -0.3 is 14.2 Å². The molecule has 1 saturated carbocycles. The lowest BCUT2D eigenvalue weighted by Crippen LogP contribution is -2.30. The van der Waals surface area contributed by atoms with Crippen LogP contribution in [0.3, 0.4) is 0 Å². The molecule has 0 aliphatic heterocycles. The third kappa shape index (κ3) is 5.68. The highest BCUT2D eigenvalue weighted by Crippen LogP contribution is 2.38. The van der Waals surface area contributed by atoms with Crippen molar-refractivity contribution in [2.45, 2.75) is 62.1 Å². The fraction of sp³-hybridized carbons (Fsp3) is 0.565. The Kier molecular flexibility index (Phi) is 8.55. The highest BCUT2D eigenvalue weighted by Gasteiger charge is 2.36. The van der Waals surface area contributed by atoms with Crippen LogP contribution in [-0.2, 0) is 20.3 Å². The van der Waals surface area contributed by atoms with E-state index in [4.69, 9.17) is 25.8 Å². The average molecular weight is 552 g/mol. The molecule has 0 aromatic carbocycles. The topological polar surface area (TPSA) is 144 Å². The first kappa shape index (κ1) is 27.1. The standard InChI is InChI=1S/C23H30ClN7O5S/c1-14(19(34-2)20-25-10-16(24)11-26-20)37(32,33)12-17-29-30-21(15-8-6-5-7-9-15)31(17)18-22(35-3)27-13-28-23(18)36-4/h10-11,13-15,19H,5-9,12H2,1-4H3/t14-,19-/m0/s1. The van der Waals surface area contributed by atoms with Crippen LogP contribution in [0.5, 0.6) is 11.8 Å². The second-order valence-corrected chi connectivity index (χ2v) is 11.6. The molecule has 0 saturated heterocycles. The van der Waals surface area contributed by atoms with Gasteiger partial charge in [-0.05, 0) is 19.8 Å². The van der Waals surface area contributed by atoms with E-state index in [0.29, 0.717) is 16.5 Å². The number of sulfone groups is 1. The fourth-order valence-corrected chi connectivity index (χ4v) is 6.12. The van der Waals surface area contributed by atoms with Gasteiger partial charge in [0.1, 0.15) is 24.0 Å². The molecule has 0 bridgehead atoms. The molecule has 0 radical (unpaired) electrons. The molecule has 1 aliphatic carbocycles. The molecule has 4 rings (SSSR count). The average Bonchev–Trinajstić information content (AvgIpc) is 3.32. The summed E-state index contributed by atoms with van der Waals surface area (Å²) in [5, 5.41) is 8.12. The molecule has 200 valence electrons. The van der Waals surface area contributed by atoms with Crippen LogP contribution in [-0.4, -0.2) is 69.7 Å². The molecular formula is C23H30ClN7O5S. The molecule has 37 heavy (non-hydrogen) atoms. The number of hydrogen-bond donors (Lipinski definition) is 0. The van der Waals surface area contributed by atoms with Crippen LogP contribution < -0.4 is 9.47 Å². The van der Waals surface area contributed by atoms with Crippen molar-refractivity contribution in [2.75, 3.05) is 21.3 Å². The zero-order valence-electron chi connectivity index (χ0n) is 21.2. The molecule has 0 amide bonds. The van der Waals surface area contributed by atoms with Gasteiger partial charge in [-0.2, -0.15) is 9.97 Å². The minimum Gasteiger partial charge on any atom is -0.479 e. The molecule has 14 heteroatoms. The lowest BCUT2D eigenvalue weighted by molar-refractivity contribution is 0.0948. The van der Waals surface area contributed by atoms with E-state index in [0.717, 1.165) is 32.1 Å². The number of hydrogen-bond acceptors (Lipinski definition) is 11. The van der Waals surface area contributed by atoms with Crippen LogP contribution in [0.4, 0.5) is 0 Å². The number of ether oxygens (including phenoxy) is 3. The first-order chi connectivity index (χ1) is 17.8. The second kappa shape index (κ2) is 11.7. The summed E-state index contributed by atoms with van der Waals surface area (Å²) in [6.07, 6.45) is 8.29. The van der Waals surface area contributed by atoms with Crippen LogP contribution in [0.15, 0.2) is 18.7 Å². The summed E-state index contributed by atoms with van der Waals surface area (Å²) in [5.41, 5.74) is 0.361. The Balaban J connectivity index is 1.78. The van der Waals surface area contributed by atoms with Gasteiger partial charge in [-0.1, -0.05) is 30.9 Å². The first-order valence-electron chi connectivity index (χ1n) is 11.9. The van der Waals surface area contributed by atoms with E-state index in [1.165, 1.54) is 40.1 Å². The molecule has 0 spiro atoms. The van der Waals surface area contributed by atoms with Gasteiger partial charge in [0, 0.05) is 25.4 Å². The summed E-state index contributed by atoms with van der Waals surface area (Å²) >= 11 is 5.90. The van der Waals surface area contributed by atoms with E-state index >= 15 is 0 Å². The molecule has 3 aromatic rings. The van der Waals surface area contributed by atoms with Gasteiger partial charge in [0.25, 0.3) is 0 Å². The van der Waals surface area contributed by atoms with E-state index in [2.05, 4.69) is 30.1 Å². The highest BCUT2D eigenvalue weighted by molar-refractivity contribution is 7.91. The lowest BCUT2D eigenvalue weighted by Gasteiger charge is -2.24. The van der Waals surface area contributed by atoms with Crippen LogP contribution in [0.2, 0.25) is 5.02 Å². The maximum Gasteiger partial charge on any atom is 0.245 e. The van der Waals surface area contributed by atoms with Crippen molar-refractivity contribution < 1.29 is 22.6 Å². The Bertz CT molecular complexity index is 1290. The smallest absolute Gasteiger partial charge is 0.245 e. The minimum absolute atomic E-state index is 0.0962. The molecule has 0 unspecified atom stereocenters. The van der Waals surface area contributed by atoms with Crippen molar-refractivity contribution in [3.8, 4) is 17.4 Å². The Hall–Kier alpha value is -2.90. The van der Waals surface area contributed by atoms with Crippen molar-refractivity contribution in [1.29, 1.82) is 0 Å². The second-order valence-electron chi connectivity index (χ2n) is 8.81. The predicted octanol–water partition coefficient (Wildman–Crippen LogP) is 3.26. The zero-order chi connectivity index (χ0) is 26.6. The number of methoxy groups -OCH3 is 3. The van der Waals surface area contributed by atoms with E-state index in [-0.39, 0.29) is 29.3 Å². The number of rotatable bonds is 10. The summed E-state index contributed by atoms with van der Waals surface area (Å²) in [7, 11) is 0.510. The molecule has 3 aromatic heterocycles. The molecule has 3 heterocycles. The molecule has 12 nitrogen and oxygen atoms in total. The maximum atomic E-state index is 13.7. The van der Waals surface area contributed by atoms with Gasteiger partial charge in [-0.3, -0.25) is 4.57 Å². The summed E-state index contributed by atoms with van der Waals surface area (Å²) in [4.78, 5) is 16.7. The van der Waals surface area contributed by atoms with E-state index < -0.39 is 26.9 Å². The third-order valence-electron chi connectivity index (χ3n) is 6.56. The van der Waals surface area contributed by atoms with E-state index in [9.17, 15) is 8.42 Å². The highest BCUT2D eigenvalue weighted by atomic mass is 35.5. The van der Waals surface area contributed by atoms with Crippen molar-refractivity contribution in [2.24, 2.45) is 0 Å². The van der Waals surface area contributed by atoms with Crippen molar-refractivity contribution >= 4 is 21.4 Å². The Labute approximate surface area is 220 Å². The molecule has 0 N–H and O–H groups in total. The number of aromatic nitrogens is 7.